The normalized spacial score (nSPS) is 15.5. The summed E-state index contributed by atoms with van der Waals surface area (Å²) in [5, 5.41) is 10.8. The number of nitro benzene ring substituents is 1. The monoisotopic (exact) mass is 395 g/mol. The molecule has 0 amide bonds. The van der Waals surface area contributed by atoms with E-state index in [1.165, 1.54) is 29.2 Å². The molecule has 2 heterocycles. The number of piperazine rings is 1. The lowest BCUT2D eigenvalue weighted by atomic mass is 10.0. The molecular formula is C18H18F3N4O3+. The van der Waals surface area contributed by atoms with Gasteiger partial charge in [-0.2, -0.15) is 13.2 Å². The Bertz CT molecular complexity index is 892. The van der Waals surface area contributed by atoms with E-state index in [-0.39, 0.29) is 22.6 Å². The summed E-state index contributed by atoms with van der Waals surface area (Å²) in [6.07, 6.45) is -3.93. The van der Waals surface area contributed by atoms with Crippen LogP contribution >= 0.6 is 0 Å². The minimum atomic E-state index is -4.57. The summed E-state index contributed by atoms with van der Waals surface area (Å²) in [5.74, 6) is -0.579. The van der Waals surface area contributed by atoms with Crippen LogP contribution in [-0.2, 0) is 6.18 Å². The molecule has 28 heavy (non-hydrogen) atoms. The van der Waals surface area contributed by atoms with Crippen molar-refractivity contribution < 1.29 is 27.8 Å². The molecule has 0 atom stereocenters. The first-order chi connectivity index (χ1) is 13.2. The van der Waals surface area contributed by atoms with Crippen LogP contribution in [0.15, 0.2) is 36.5 Å². The highest BCUT2D eigenvalue weighted by Crippen LogP contribution is 2.33. The predicted molar refractivity (Wildman–Crippen MR) is 94.6 cm³/mol. The molecule has 7 nitrogen and oxygen atoms in total. The lowest BCUT2D eigenvalue weighted by Gasteiger charge is -2.32. The van der Waals surface area contributed by atoms with E-state index in [4.69, 9.17) is 0 Å². The number of non-ortho nitro benzene ring substituents is 1. The number of ketones is 1. The maximum Gasteiger partial charge on any atom is 0.417 e. The van der Waals surface area contributed by atoms with Crippen molar-refractivity contribution in [2.45, 2.75) is 6.18 Å². The van der Waals surface area contributed by atoms with E-state index >= 15 is 0 Å². The smallest absolute Gasteiger partial charge is 0.358 e. The van der Waals surface area contributed by atoms with Crippen molar-refractivity contribution in [3.05, 3.63) is 63.5 Å². The van der Waals surface area contributed by atoms with Crippen LogP contribution in [0, 0.1) is 10.1 Å². The number of hydrogen-bond acceptors (Lipinski definition) is 5. The first kappa shape index (κ1) is 19.7. The van der Waals surface area contributed by atoms with Crippen LogP contribution < -0.4 is 9.80 Å². The third-order valence-corrected chi connectivity index (χ3v) is 4.71. The van der Waals surface area contributed by atoms with Gasteiger partial charge in [0.2, 0.25) is 5.78 Å². The van der Waals surface area contributed by atoms with Gasteiger partial charge in [0.25, 0.3) is 5.69 Å². The molecule has 1 N–H and O–H groups in total. The minimum absolute atomic E-state index is 0.0959. The second-order valence-corrected chi connectivity index (χ2v) is 6.67. The van der Waals surface area contributed by atoms with Gasteiger partial charge in [-0.25, -0.2) is 4.98 Å². The standard InChI is InChI=1S/C18H17F3N4O3/c1-23-6-8-24(9-7-23)15-10-13(18(19,20)21)11-22-16(15)17(26)12-2-4-14(5-3-12)25(27)28/h2-5,10-11H,6-9H2,1H3/p+1. The number of hydrogen-bond donors (Lipinski definition) is 1. The van der Waals surface area contributed by atoms with Gasteiger partial charge >= 0.3 is 6.18 Å². The molecule has 1 aromatic carbocycles. The Morgan fingerprint density at radius 3 is 2.36 bits per heavy atom. The van der Waals surface area contributed by atoms with Gasteiger partial charge in [0.1, 0.15) is 5.69 Å². The Morgan fingerprint density at radius 2 is 1.82 bits per heavy atom. The number of anilines is 1. The molecular weight excluding hydrogens is 377 g/mol. The lowest BCUT2D eigenvalue weighted by molar-refractivity contribution is -0.880. The molecule has 0 aliphatic carbocycles. The number of benzene rings is 1. The van der Waals surface area contributed by atoms with Crippen molar-refractivity contribution in [1.29, 1.82) is 0 Å². The average Bonchev–Trinajstić information content (AvgIpc) is 2.67. The maximum absolute atomic E-state index is 13.2. The highest BCUT2D eigenvalue weighted by atomic mass is 19.4. The Kier molecular flexibility index (Phi) is 5.32. The van der Waals surface area contributed by atoms with E-state index < -0.39 is 22.4 Å². The third kappa shape index (κ3) is 4.11. The number of rotatable bonds is 4. The fourth-order valence-corrected chi connectivity index (χ4v) is 3.02. The fraction of sp³-hybridized carbons (Fsp3) is 0.333. The van der Waals surface area contributed by atoms with Crippen LogP contribution in [0.1, 0.15) is 21.6 Å². The highest BCUT2D eigenvalue weighted by molar-refractivity contribution is 6.11. The summed E-state index contributed by atoms with van der Waals surface area (Å²) in [4.78, 5) is 29.8. The third-order valence-electron chi connectivity index (χ3n) is 4.71. The van der Waals surface area contributed by atoms with E-state index in [0.717, 1.165) is 19.2 Å². The maximum atomic E-state index is 13.2. The lowest BCUT2D eigenvalue weighted by Crippen LogP contribution is -3.12. The van der Waals surface area contributed by atoms with Gasteiger partial charge in [0, 0.05) is 23.9 Å². The SMILES string of the molecule is C[NH+]1CCN(c2cc(C(F)(F)F)cnc2C(=O)c2ccc([N+](=O)[O-])cc2)CC1. The number of pyridine rings is 1. The molecule has 0 spiro atoms. The van der Waals surface area contributed by atoms with Crippen molar-refractivity contribution in [2.24, 2.45) is 0 Å². The summed E-state index contributed by atoms with van der Waals surface area (Å²) >= 11 is 0. The summed E-state index contributed by atoms with van der Waals surface area (Å²) in [6, 6.07) is 5.86. The molecule has 2 aromatic rings. The predicted octanol–water partition coefficient (Wildman–Crippen LogP) is 1.57. The molecule has 1 aromatic heterocycles. The number of nitrogens with one attached hydrogen (secondary N) is 1. The largest absolute Gasteiger partial charge is 0.417 e. The molecule has 1 aliphatic rings. The number of halogens is 3. The van der Waals surface area contributed by atoms with Crippen LogP contribution in [0.4, 0.5) is 24.5 Å². The minimum Gasteiger partial charge on any atom is -0.358 e. The van der Waals surface area contributed by atoms with Crippen LogP contribution in [0.2, 0.25) is 0 Å². The molecule has 10 heteroatoms. The molecule has 3 rings (SSSR count). The topological polar surface area (TPSA) is 80.8 Å². The number of likely N-dealkylation sites (N-methyl/N-ethyl adjacent to an activating group) is 1. The summed E-state index contributed by atoms with van der Waals surface area (Å²) < 4.78 is 39.5. The summed E-state index contributed by atoms with van der Waals surface area (Å²) in [6.45, 7) is 2.44. The number of nitrogens with zero attached hydrogens (tertiary/aromatic N) is 3. The molecule has 0 saturated carbocycles. The number of alkyl halides is 3. The van der Waals surface area contributed by atoms with E-state index in [1.807, 2.05) is 7.05 Å². The van der Waals surface area contributed by atoms with E-state index in [1.54, 1.807) is 4.90 Å². The van der Waals surface area contributed by atoms with Gasteiger partial charge < -0.3 is 9.80 Å². The zero-order valence-corrected chi connectivity index (χ0v) is 15.0. The summed E-state index contributed by atoms with van der Waals surface area (Å²) in [7, 11) is 1.99. The quantitative estimate of drug-likeness (QED) is 0.483. The zero-order valence-electron chi connectivity index (χ0n) is 15.0. The van der Waals surface area contributed by atoms with Crippen LogP contribution in [0.3, 0.4) is 0 Å². The Balaban J connectivity index is 2.01. The number of carbonyl (C=O) groups excluding carboxylic acids is 1. The van der Waals surface area contributed by atoms with E-state index in [9.17, 15) is 28.1 Å². The molecule has 0 radical (unpaired) electrons. The van der Waals surface area contributed by atoms with Gasteiger partial charge in [-0.3, -0.25) is 14.9 Å². The molecule has 0 unspecified atom stereocenters. The number of nitro groups is 1. The van der Waals surface area contributed by atoms with E-state index in [0.29, 0.717) is 19.3 Å². The van der Waals surface area contributed by atoms with Crippen molar-refractivity contribution in [3.8, 4) is 0 Å². The molecule has 1 aliphatic heterocycles. The van der Waals surface area contributed by atoms with Crippen molar-refractivity contribution in [2.75, 3.05) is 38.1 Å². The van der Waals surface area contributed by atoms with Gasteiger partial charge in [0.15, 0.2) is 0 Å². The first-order valence-corrected chi connectivity index (χ1v) is 8.59. The average molecular weight is 395 g/mol. The van der Waals surface area contributed by atoms with Gasteiger partial charge in [-0.05, 0) is 18.2 Å². The van der Waals surface area contributed by atoms with Crippen molar-refractivity contribution in [3.63, 3.8) is 0 Å². The second kappa shape index (κ2) is 7.55. The Morgan fingerprint density at radius 1 is 1.21 bits per heavy atom. The van der Waals surface area contributed by atoms with Gasteiger partial charge in [0.05, 0.1) is 49.4 Å². The van der Waals surface area contributed by atoms with Gasteiger partial charge in [-0.15, -0.1) is 0 Å². The fourth-order valence-electron chi connectivity index (χ4n) is 3.02. The molecule has 0 bridgehead atoms. The van der Waals surface area contributed by atoms with Crippen LogP contribution in [0.5, 0.6) is 0 Å². The highest BCUT2D eigenvalue weighted by Gasteiger charge is 2.34. The van der Waals surface area contributed by atoms with Crippen LogP contribution in [0.25, 0.3) is 0 Å². The number of carbonyl (C=O) groups is 1. The zero-order chi connectivity index (χ0) is 20.5. The molecule has 1 fully saturated rings. The van der Waals surface area contributed by atoms with E-state index in [2.05, 4.69) is 4.98 Å². The molecule has 148 valence electrons. The second-order valence-electron chi connectivity index (χ2n) is 6.67. The Labute approximate surface area is 158 Å². The number of aromatic nitrogens is 1. The van der Waals surface area contributed by atoms with Gasteiger partial charge in [-0.1, -0.05) is 0 Å². The molecule has 1 saturated heterocycles. The summed E-state index contributed by atoms with van der Waals surface area (Å²) in [5.41, 5.74) is -0.945. The first-order valence-electron chi connectivity index (χ1n) is 8.59. The van der Waals surface area contributed by atoms with Crippen molar-refractivity contribution in [1.82, 2.24) is 4.98 Å². The number of quaternary nitrogens is 1. The van der Waals surface area contributed by atoms with Crippen LogP contribution in [-0.4, -0.2) is 48.9 Å². The van der Waals surface area contributed by atoms with Crippen molar-refractivity contribution >= 4 is 17.2 Å². The Hall–Kier alpha value is -3.01.